The van der Waals surface area contributed by atoms with Crippen LogP contribution in [0.3, 0.4) is 0 Å². The number of allylic oxidation sites excluding steroid dienone is 1. The highest BCUT2D eigenvalue weighted by Gasteiger charge is 2.25. The smallest absolute Gasteiger partial charge is 0.166 e. The molecule has 2 atom stereocenters. The van der Waals surface area contributed by atoms with Crippen LogP contribution in [0.1, 0.15) is 101 Å². The zero-order valence-corrected chi connectivity index (χ0v) is 24.6. The third-order valence-corrected chi connectivity index (χ3v) is 8.49. The van der Waals surface area contributed by atoms with E-state index >= 15 is 8.78 Å². The Bertz CT molecular complexity index is 1240. The lowest BCUT2D eigenvalue weighted by atomic mass is 9.90. The third-order valence-electron chi connectivity index (χ3n) is 8.49. The fourth-order valence-electron chi connectivity index (χ4n) is 5.90. The molecule has 3 aromatic carbocycles. The first-order valence-electron chi connectivity index (χ1n) is 15.6. The Morgan fingerprint density at radius 2 is 1.46 bits per heavy atom. The molecule has 0 spiro atoms. The first kappa shape index (κ1) is 31.1. The highest BCUT2D eigenvalue weighted by molar-refractivity contribution is 5.71. The fourth-order valence-corrected chi connectivity index (χ4v) is 5.90. The van der Waals surface area contributed by atoms with Crippen LogP contribution in [0.2, 0.25) is 0 Å². The summed E-state index contributed by atoms with van der Waals surface area (Å²) in [6.45, 7) is 6.65. The zero-order chi connectivity index (χ0) is 29.0. The predicted molar refractivity (Wildman–Crippen MR) is 164 cm³/mol. The summed E-state index contributed by atoms with van der Waals surface area (Å²) in [5.74, 6) is -1.32. The number of unbranched alkanes of at least 4 members (excludes halogenated alkanes) is 7. The van der Waals surface area contributed by atoms with Gasteiger partial charge in [0.2, 0.25) is 0 Å². The molecule has 3 aromatic rings. The molecule has 1 saturated heterocycles. The van der Waals surface area contributed by atoms with E-state index in [2.05, 4.69) is 13.5 Å². The van der Waals surface area contributed by atoms with E-state index in [9.17, 15) is 4.39 Å². The highest BCUT2D eigenvalue weighted by atomic mass is 19.2. The number of hydrogen-bond acceptors (Lipinski definition) is 1. The van der Waals surface area contributed by atoms with Crippen molar-refractivity contribution in [3.63, 3.8) is 0 Å². The first-order chi connectivity index (χ1) is 20.0. The lowest BCUT2D eigenvalue weighted by Gasteiger charge is -2.29. The normalized spacial score (nSPS) is 17.1. The van der Waals surface area contributed by atoms with Gasteiger partial charge in [-0.25, -0.2) is 13.2 Å². The molecule has 0 N–H and O–H groups in total. The quantitative estimate of drug-likeness (QED) is 0.132. The lowest BCUT2D eigenvalue weighted by molar-refractivity contribution is -0.0207. The summed E-state index contributed by atoms with van der Waals surface area (Å²) in [6.07, 6.45) is 15.5. The number of hydrogen-bond donors (Lipinski definition) is 0. The Labute approximate surface area is 244 Å². The molecular formula is C37H45F3O. The van der Waals surface area contributed by atoms with E-state index in [0.717, 1.165) is 56.1 Å². The molecule has 0 saturated carbocycles. The Kier molecular flexibility index (Phi) is 12.1. The topological polar surface area (TPSA) is 9.23 Å². The van der Waals surface area contributed by atoms with E-state index in [1.54, 1.807) is 24.3 Å². The molecule has 0 bridgehead atoms. The molecule has 41 heavy (non-hydrogen) atoms. The minimum atomic E-state index is -0.801. The number of rotatable bonds is 15. The van der Waals surface area contributed by atoms with E-state index in [4.69, 9.17) is 4.74 Å². The van der Waals surface area contributed by atoms with Crippen molar-refractivity contribution in [3.8, 4) is 22.3 Å². The summed E-state index contributed by atoms with van der Waals surface area (Å²) in [5, 5.41) is 0. The largest absolute Gasteiger partial charge is 0.373 e. The minimum absolute atomic E-state index is 0.220. The molecule has 220 valence electrons. The standard InChI is InChI=1S/C37H45F3O/c1-3-5-7-8-9-10-11-12-14-30-20-22-32(37(40)36(30)39)29-18-16-28(17-19-29)31-21-23-33(34(38)25-31)35-24-15-27(26-41-35)13-6-4-2/h4,16-23,25,27,35H,2-3,5-15,24,26H2,1H3. The molecule has 0 aliphatic carbocycles. The Morgan fingerprint density at radius 1 is 0.780 bits per heavy atom. The van der Waals surface area contributed by atoms with Gasteiger partial charge in [-0.05, 0) is 72.8 Å². The maximum Gasteiger partial charge on any atom is 0.166 e. The van der Waals surface area contributed by atoms with E-state index in [-0.39, 0.29) is 17.5 Å². The second-order valence-corrected chi connectivity index (χ2v) is 11.6. The van der Waals surface area contributed by atoms with Crippen molar-refractivity contribution >= 4 is 0 Å². The van der Waals surface area contributed by atoms with Crippen molar-refractivity contribution in [3.05, 3.63) is 95.8 Å². The van der Waals surface area contributed by atoms with Gasteiger partial charge < -0.3 is 4.74 Å². The summed E-state index contributed by atoms with van der Waals surface area (Å²) in [7, 11) is 0. The van der Waals surface area contributed by atoms with Crippen LogP contribution < -0.4 is 0 Å². The number of ether oxygens (including phenoxy) is 1. The first-order valence-corrected chi connectivity index (χ1v) is 15.6. The Hall–Kier alpha value is -2.85. The average molecular weight is 563 g/mol. The van der Waals surface area contributed by atoms with Gasteiger partial charge in [-0.15, -0.1) is 6.58 Å². The van der Waals surface area contributed by atoms with Crippen LogP contribution in [0, 0.1) is 23.4 Å². The summed E-state index contributed by atoms with van der Waals surface area (Å²) in [6, 6.07) is 15.8. The van der Waals surface area contributed by atoms with Crippen LogP contribution in [-0.2, 0) is 11.2 Å². The van der Waals surface area contributed by atoms with Gasteiger partial charge >= 0.3 is 0 Å². The SMILES string of the molecule is C=CCCC1CCC(c2ccc(-c3ccc(-c4ccc(CCCCCCCCCC)c(F)c4F)cc3)cc2F)OC1. The van der Waals surface area contributed by atoms with Gasteiger partial charge in [0.05, 0.1) is 12.7 Å². The molecular weight excluding hydrogens is 517 g/mol. The highest BCUT2D eigenvalue weighted by Crippen LogP contribution is 2.36. The number of aryl methyl sites for hydroxylation is 1. The molecule has 4 heteroatoms. The van der Waals surface area contributed by atoms with Crippen molar-refractivity contribution in [2.45, 2.75) is 96.5 Å². The van der Waals surface area contributed by atoms with E-state index < -0.39 is 11.6 Å². The van der Waals surface area contributed by atoms with Gasteiger partial charge in [-0.1, -0.05) is 106 Å². The Balaban J connectivity index is 1.34. The van der Waals surface area contributed by atoms with Crippen molar-refractivity contribution in [1.82, 2.24) is 0 Å². The van der Waals surface area contributed by atoms with Gasteiger partial charge in [-0.3, -0.25) is 0 Å². The van der Waals surface area contributed by atoms with Crippen molar-refractivity contribution in [2.24, 2.45) is 5.92 Å². The van der Waals surface area contributed by atoms with Gasteiger partial charge in [0.15, 0.2) is 11.6 Å². The van der Waals surface area contributed by atoms with Crippen LogP contribution in [0.4, 0.5) is 13.2 Å². The van der Waals surface area contributed by atoms with Crippen LogP contribution in [-0.4, -0.2) is 6.61 Å². The van der Waals surface area contributed by atoms with E-state index in [1.807, 2.05) is 30.3 Å². The summed E-state index contributed by atoms with van der Waals surface area (Å²) < 4.78 is 51.0. The fraction of sp³-hybridized carbons (Fsp3) is 0.459. The molecule has 1 aliphatic heterocycles. The number of halogens is 3. The summed E-state index contributed by atoms with van der Waals surface area (Å²) in [4.78, 5) is 0. The molecule has 0 amide bonds. The number of benzene rings is 3. The molecule has 0 radical (unpaired) electrons. The van der Waals surface area contributed by atoms with Gasteiger partial charge in [-0.2, -0.15) is 0 Å². The van der Waals surface area contributed by atoms with Crippen molar-refractivity contribution in [1.29, 1.82) is 0 Å². The van der Waals surface area contributed by atoms with Crippen LogP contribution in [0.25, 0.3) is 22.3 Å². The predicted octanol–water partition coefficient (Wildman–Crippen LogP) is 11.6. The third kappa shape index (κ3) is 8.58. The molecule has 2 unspecified atom stereocenters. The van der Waals surface area contributed by atoms with Crippen LogP contribution in [0.5, 0.6) is 0 Å². The van der Waals surface area contributed by atoms with E-state index in [0.29, 0.717) is 35.6 Å². The van der Waals surface area contributed by atoms with Gasteiger partial charge in [0, 0.05) is 11.1 Å². The second kappa shape index (κ2) is 16.0. The lowest BCUT2D eigenvalue weighted by Crippen LogP contribution is -2.21. The molecule has 1 fully saturated rings. The molecule has 1 nitrogen and oxygen atoms in total. The van der Waals surface area contributed by atoms with E-state index in [1.165, 1.54) is 38.2 Å². The second-order valence-electron chi connectivity index (χ2n) is 11.6. The molecule has 4 rings (SSSR count). The average Bonchev–Trinajstić information content (AvgIpc) is 3.00. The van der Waals surface area contributed by atoms with Crippen molar-refractivity contribution < 1.29 is 17.9 Å². The Morgan fingerprint density at radius 3 is 2.12 bits per heavy atom. The van der Waals surface area contributed by atoms with Gasteiger partial charge in [0.25, 0.3) is 0 Å². The maximum atomic E-state index is 15.1. The van der Waals surface area contributed by atoms with Crippen LogP contribution in [0.15, 0.2) is 67.3 Å². The molecule has 0 aromatic heterocycles. The van der Waals surface area contributed by atoms with Crippen LogP contribution >= 0.6 is 0 Å². The van der Waals surface area contributed by atoms with Crippen molar-refractivity contribution in [2.75, 3.05) is 6.61 Å². The summed E-state index contributed by atoms with van der Waals surface area (Å²) >= 11 is 0. The molecule has 1 aliphatic rings. The molecule has 1 heterocycles. The summed E-state index contributed by atoms with van der Waals surface area (Å²) in [5.41, 5.74) is 3.44. The monoisotopic (exact) mass is 562 g/mol. The van der Waals surface area contributed by atoms with Gasteiger partial charge in [0.1, 0.15) is 5.82 Å². The minimum Gasteiger partial charge on any atom is -0.373 e. The zero-order valence-electron chi connectivity index (χ0n) is 24.6. The maximum absolute atomic E-state index is 15.1.